The smallest absolute Gasteiger partial charge is 0.0556 e. The van der Waals surface area contributed by atoms with E-state index in [1.807, 2.05) is 11.8 Å². The van der Waals surface area contributed by atoms with E-state index >= 15 is 0 Å². The molecule has 0 radical (unpaired) electrons. The second-order valence-corrected chi connectivity index (χ2v) is 5.62. The van der Waals surface area contributed by atoms with Crippen LogP contribution in [-0.4, -0.2) is 25.5 Å². The van der Waals surface area contributed by atoms with Crippen LogP contribution in [-0.2, 0) is 11.3 Å². The van der Waals surface area contributed by atoms with Crippen molar-refractivity contribution < 1.29 is 4.74 Å². The molecule has 96 valence electrons. The van der Waals surface area contributed by atoms with Gasteiger partial charge in [-0.15, -0.1) is 11.8 Å². The quantitative estimate of drug-likeness (QED) is 0.595. The third-order valence-corrected chi connectivity index (χ3v) is 3.54. The lowest BCUT2D eigenvalue weighted by atomic mass is 10.1. The number of nitrogens with one attached hydrogen (secondary N) is 1. The van der Waals surface area contributed by atoms with Gasteiger partial charge in [-0.3, -0.25) is 0 Å². The molecule has 1 N–H and O–H groups in total. The van der Waals surface area contributed by atoms with Gasteiger partial charge in [0.1, 0.15) is 0 Å². The number of hydrogen-bond donors (Lipinski definition) is 1. The molecule has 0 heterocycles. The van der Waals surface area contributed by atoms with Gasteiger partial charge >= 0.3 is 0 Å². The Hall–Kier alpha value is -0.510. The molecule has 0 spiro atoms. The highest BCUT2D eigenvalue weighted by Gasteiger charge is 2.04. The van der Waals surface area contributed by atoms with Crippen molar-refractivity contribution in [3.63, 3.8) is 0 Å². The van der Waals surface area contributed by atoms with Crippen molar-refractivity contribution in [3.05, 3.63) is 29.3 Å². The Morgan fingerprint density at radius 3 is 2.76 bits per heavy atom. The molecule has 0 saturated heterocycles. The zero-order valence-electron chi connectivity index (χ0n) is 11.2. The minimum atomic E-state index is 0.521. The number of hydrogen-bond acceptors (Lipinski definition) is 3. The fraction of sp³-hybridized carbons (Fsp3) is 0.571. The molecule has 1 aromatic rings. The molecule has 0 amide bonds. The first-order valence-corrected chi connectivity index (χ1v) is 7.06. The molecule has 0 unspecified atom stereocenters. The van der Waals surface area contributed by atoms with E-state index in [1.165, 1.54) is 16.0 Å². The Labute approximate surface area is 109 Å². The van der Waals surface area contributed by atoms with Crippen LogP contribution in [0.2, 0.25) is 0 Å². The van der Waals surface area contributed by atoms with Crippen LogP contribution in [0.25, 0.3) is 0 Å². The second kappa shape index (κ2) is 7.75. The largest absolute Gasteiger partial charge is 0.384 e. The summed E-state index contributed by atoms with van der Waals surface area (Å²) in [5.74, 6) is 1.01. The van der Waals surface area contributed by atoms with Gasteiger partial charge in [0.15, 0.2) is 0 Å². The van der Waals surface area contributed by atoms with Gasteiger partial charge < -0.3 is 10.1 Å². The molecule has 1 aromatic carbocycles. The second-order valence-electron chi connectivity index (χ2n) is 4.49. The van der Waals surface area contributed by atoms with Crippen LogP contribution in [0.1, 0.15) is 25.0 Å². The summed E-state index contributed by atoms with van der Waals surface area (Å²) in [5, 5.41) is 3.48. The summed E-state index contributed by atoms with van der Waals surface area (Å²) in [7, 11) is 1.75. The van der Waals surface area contributed by atoms with E-state index in [0.717, 1.165) is 18.9 Å². The molecule has 0 bridgehead atoms. The number of thioether (sulfide) groups is 1. The van der Waals surface area contributed by atoms with Crippen molar-refractivity contribution in [1.29, 1.82) is 0 Å². The van der Waals surface area contributed by atoms with E-state index in [9.17, 15) is 0 Å². The first-order valence-electron chi connectivity index (χ1n) is 6.08. The maximum absolute atomic E-state index is 5.09. The number of rotatable bonds is 7. The van der Waals surface area contributed by atoms with E-state index in [-0.39, 0.29) is 0 Å². The molecule has 0 aliphatic rings. The molecule has 2 nitrogen and oxygen atoms in total. The lowest BCUT2D eigenvalue weighted by molar-refractivity contribution is 0.218. The minimum Gasteiger partial charge on any atom is -0.384 e. The average Bonchev–Trinajstić information content (AvgIpc) is 2.29. The van der Waals surface area contributed by atoms with E-state index in [2.05, 4.69) is 44.3 Å². The number of ether oxygens (including phenoxy) is 1. The zero-order chi connectivity index (χ0) is 12.7. The highest BCUT2D eigenvalue weighted by molar-refractivity contribution is 7.99. The molecular weight excluding hydrogens is 230 g/mol. The maximum Gasteiger partial charge on any atom is 0.0556 e. The molecule has 0 atom stereocenters. The first-order chi connectivity index (χ1) is 8.13. The van der Waals surface area contributed by atoms with Crippen molar-refractivity contribution >= 4 is 11.8 Å². The van der Waals surface area contributed by atoms with Gasteiger partial charge in [0.25, 0.3) is 0 Å². The summed E-state index contributed by atoms with van der Waals surface area (Å²) in [5.41, 5.74) is 2.71. The highest BCUT2D eigenvalue weighted by Crippen LogP contribution is 2.23. The van der Waals surface area contributed by atoms with Crippen LogP contribution in [0.5, 0.6) is 0 Å². The van der Waals surface area contributed by atoms with Crippen molar-refractivity contribution in [1.82, 2.24) is 5.32 Å². The van der Waals surface area contributed by atoms with E-state index in [0.29, 0.717) is 6.04 Å². The predicted octanol–water partition coefficient (Wildman–Crippen LogP) is 3.23. The predicted molar refractivity (Wildman–Crippen MR) is 75.8 cm³/mol. The van der Waals surface area contributed by atoms with E-state index < -0.39 is 0 Å². The van der Waals surface area contributed by atoms with Crippen molar-refractivity contribution in [2.75, 3.05) is 19.5 Å². The van der Waals surface area contributed by atoms with Gasteiger partial charge in [0.2, 0.25) is 0 Å². The Balaban J connectivity index is 2.66. The van der Waals surface area contributed by atoms with Crippen LogP contribution >= 0.6 is 11.8 Å². The SMILES string of the molecule is COCCSc1ccc(C)cc1CNC(C)C. The molecule has 0 fully saturated rings. The van der Waals surface area contributed by atoms with Crippen LogP contribution in [0.15, 0.2) is 23.1 Å². The Bertz CT molecular complexity index is 339. The summed E-state index contributed by atoms with van der Waals surface area (Å²) < 4.78 is 5.09. The molecule has 1 rings (SSSR count). The van der Waals surface area contributed by atoms with E-state index in [1.54, 1.807) is 7.11 Å². The number of aryl methyl sites for hydroxylation is 1. The third kappa shape index (κ3) is 5.57. The van der Waals surface area contributed by atoms with Gasteiger partial charge in [0, 0.05) is 30.3 Å². The fourth-order valence-electron chi connectivity index (χ4n) is 1.54. The van der Waals surface area contributed by atoms with Crippen LogP contribution in [0.3, 0.4) is 0 Å². The standard InChI is InChI=1S/C14H23NOS/c1-11(2)15-10-13-9-12(3)5-6-14(13)17-8-7-16-4/h5-6,9,11,15H,7-8,10H2,1-4H3. The normalized spacial score (nSPS) is 11.1. The summed E-state index contributed by atoms with van der Waals surface area (Å²) >= 11 is 1.87. The van der Waals surface area contributed by atoms with Crippen LogP contribution in [0.4, 0.5) is 0 Å². The van der Waals surface area contributed by atoms with Gasteiger partial charge in [-0.2, -0.15) is 0 Å². The molecular formula is C14H23NOS. The first kappa shape index (κ1) is 14.6. The topological polar surface area (TPSA) is 21.3 Å². The van der Waals surface area contributed by atoms with E-state index in [4.69, 9.17) is 4.74 Å². The van der Waals surface area contributed by atoms with Crippen molar-refractivity contribution in [3.8, 4) is 0 Å². The Morgan fingerprint density at radius 2 is 2.12 bits per heavy atom. The number of benzene rings is 1. The molecule has 17 heavy (non-hydrogen) atoms. The lowest BCUT2D eigenvalue weighted by Gasteiger charge is -2.13. The van der Waals surface area contributed by atoms with Crippen molar-refractivity contribution in [2.24, 2.45) is 0 Å². The average molecular weight is 253 g/mol. The summed E-state index contributed by atoms with van der Waals surface area (Å²) in [6.07, 6.45) is 0. The molecule has 0 aliphatic heterocycles. The van der Waals surface area contributed by atoms with Gasteiger partial charge in [-0.25, -0.2) is 0 Å². The molecule has 3 heteroatoms. The highest BCUT2D eigenvalue weighted by atomic mass is 32.2. The summed E-state index contributed by atoms with van der Waals surface area (Å²) in [4.78, 5) is 1.36. The Kier molecular flexibility index (Phi) is 6.63. The monoisotopic (exact) mass is 253 g/mol. The van der Waals surface area contributed by atoms with Gasteiger partial charge in [-0.05, 0) is 18.6 Å². The lowest BCUT2D eigenvalue weighted by Crippen LogP contribution is -2.22. The molecule has 0 saturated carbocycles. The van der Waals surface area contributed by atoms with Crippen LogP contribution in [0, 0.1) is 6.92 Å². The minimum absolute atomic E-state index is 0.521. The number of methoxy groups -OCH3 is 1. The van der Waals surface area contributed by atoms with Crippen molar-refractivity contribution in [2.45, 2.75) is 38.3 Å². The maximum atomic E-state index is 5.09. The summed E-state index contributed by atoms with van der Waals surface area (Å²) in [6, 6.07) is 7.18. The fourth-order valence-corrected chi connectivity index (χ4v) is 2.49. The van der Waals surface area contributed by atoms with Gasteiger partial charge in [0.05, 0.1) is 6.61 Å². The molecule has 0 aromatic heterocycles. The molecule has 0 aliphatic carbocycles. The summed E-state index contributed by atoms with van der Waals surface area (Å²) in [6.45, 7) is 8.23. The van der Waals surface area contributed by atoms with Gasteiger partial charge in [-0.1, -0.05) is 31.5 Å². The zero-order valence-corrected chi connectivity index (χ0v) is 12.1. The third-order valence-electron chi connectivity index (χ3n) is 2.46. The Morgan fingerprint density at radius 1 is 1.35 bits per heavy atom. The van der Waals surface area contributed by atoms with Crippen LogP contribution < -0.4 is 5.32 Å².